The second-order valence-corrected chi connectivity index (χ2v) is 3.93. The smallest absolute Gasteiger partial charge is 0.242 e. The van der Waals surface area contributed by atoms with Crippen molar-refractivity contribution in [2.24, 2.45) is 5.41 Å². The van der Waals surface area contributed by atoms with Crippen LogP contribution in [0.3, 0.4) is 0 Å². The normalized spacial score (nSPS) is 10.3. The first-order chi connectivity index (χ1) is 7.49. The summed E-state index contributed by atoms with van der Waals surface area (Å²) in [4.78, 5) is 13.4. The predicted molar refractivity (Wildman–Crippen MR) is 58.1 cm³/mol. The van der Waals surface area contributed by atoms with Crippen LogP contribution < -0.4 is 0 Å². The van der Waals surface area contributed by atoms with E-state index in [-0.39, 0.29) is 12.3 Å². The Morgan fingerprint density at radius 1 is 1.38 bits per heavy atom. The summed E-state index contributed by atoms with van der Waals surface area (Å²) in [6.45, 7) is 4.29. The molecule has 0 unspecified atom stereocenters. The Morgan fingerprint density at radius 2 is 2.00 bits per heavy atom. The fourth-order valence-electron chi connectivity index (χ4n) is 1.14. The number of rotatable bonds is 6. The second kappa shape index (κ2) is 6.81. The topological polar surface area (TPSA) is 77.1 Å². The van der Waals surface area contributed by atoms with Gasteiger partial charge in [-0.15, -0.1) is 0 Å². The predicted octanol–water partition coefficient (Wildman–Crippen LogP) is 0.925. The number of methoxy groups -OCH3 is 1. The third-order valence-corrected chi connectivity index (χ3v) is 2.16. The molecule has 5 heteroatoms. The zero-order chi connectivity index (χ0) is 12.6. The summed E-state index contributed by atoms with van der Waals surface area (Å²) in [5.41, 5.74) is -1.05. The summed E-state index contributed by atoms with van der Waals surface area (Å²) >= 11 is 0. The van der Waals surface area contributed by atoms with Crippen LogP contribution >= 0.6 is 0 Å². The van der Waals surface area contributed by atoms with Gasteiger partial charge in [0, 0.05) is 20.2 Å². The average Bonchev–Trinajstić information content (AvgIpc) is 2.28. The molecule has 88 valence electrons. The van der Waals surface area contributed by atoms with E-state index in [1.165, 1.54) is 4.90 Å². The molecule has 0 saturated heterocycles. The molecule has 5 nitrogen and oxygen atoms in total. The van der Waals surface area contributed by atoms with Crippen LogP contribution in [0.15, 0.2) is 0 Å². The third kappa shape index (κ3) is 4.29. The maximum Gasteiger partial charge on any atom is 0.242 e. The maximum atomic E-state index is 11.9. The number of hydrogen-bond donors (Lipinski definition) is 0. The number of amides is 1. The van der Waals surface area contributed by atoms with E-state index >= 15 is 0 Å². The highest BCUT2D eigenvalue weighted by Crippen LogP contribution is 2.17. The van der Waals surface area contributed by atoms with Crippen molar-refractivity contribution in [1.29, 1.82) is 10.5 Å². The molecule has 0 atom stereocenters. The Labute approximate surface area is 96.2 Å². The van der Waals surface area contributed by atoms with Gasteiger partial charge < -0.3 is 9.64 Å². The summed E-state index contributed by atoms with van der Waals surface area (Å²) in [5.74, 6) is -0.262. The van der Waals surface area contributed by atoms with Gasteiger partial charge in [0.05, 0.1) is 25.2 Å². The van der Waals surface area contributed by atoms with Crippen molar-refractivity contribution in [3.05, 3.63) is 0 Å². The van der Waals surface area contributed by atoms with E-state index in [0.717, 1.165) is 0 Å². The monoisotopic (exact) mass is 223 g/mol. The molecule has 0 aromatic heterocycles. The van der Waals surface area contributed by atoms with Crippen LogP contribution in [-0.2, 0) is 9.53 Å². The Kier molecular flexibility index (Phi) is 6.14. The van der Waals surface area contributed by atoms with E-state index in [4.69, 9.17) is 15.3 Å². The van der Waals surface area contributed by atoms with Crippen molar-refractivity contribution in [3.63, 3.8) is 0 Å². The zero-order valence-corrected chi connectivity index (χ0v) is 9.99. The van der Waals surface area contributed by atoms with Gasteiger partial charge in [-0.3, -0.25) is 4.79 Å². The molecule has 0 radical (unpaired) electrons. The van der Waals surface area contributed by atoms with E-state index in [0.29, 0.717) is 19.7 Å². The van der Waals surface area contributed by atoms with Crippen LogP contribution in [0, 0.1) is 28.1 Å². The van der Waals surface area contributed by atoms with E-state index in [1.54, 1.807) is 21.0 Å². The molecule has 0 bridgehead atoms. The first kappa shape index (κ1) is 14.4. The van der Waals surface area contributed by atoms with Crippen molar-refractivity contribution in [2.45, 2.75) is 20.3 Å². The molecule has 0 fully saturated rings. The van der Waals surface area contributed by atoms with E-state index in [1.807, 2.05) is 12.1 Å². The highest BCUT2D eigenvalue weighted by Gasteiger charge is 2.31. The van der Waals surface area contributed by atoms with Gasteiger partial charge in [0.15, 0.2) is 0 Å². The molecule has 0 rings (SSSR count). The highest BCUT2D eigenvalue weighted by atomic mass is 16.5. The molecule has 0 aliphatic rings. The zero-order valence-electron chi connectivity index (χ0n) is 9.99. The second-order valence-electron chi connectivity index (χ2n) is 3.93. The minimum Gasteiger partial charge on any atom is -0.383 e. The first-order valence-electron chi connectivity index (χ1n) is 5.06. The fraction of sp³-hybridized carbons (Fsp3) is 0.727. The van der Waals surface area contributed by atoms with Gasteiger partial charge in [0.2, 0.25) is 5.91 Å². The first-order valence-corrected chi connectivity index (χ1v) is 5.06. The van der Waals surface area contributed by atoms with Gasteiger partial charge in [-0.25, -0.2) is 0 Å². The molecule has 0 aliphatic carbocycles. The fourth-order valence-corrected chi connectivity index (χ4v) is 1.14. The third-order valence-electron chi connectivity index (χ3n) is 2.16. The van der Waals surface area contributed by atoms with Gasteiger partial charge in [-0.2, -0.15) is 10.5 Å². The molecule has 0 N–H and O–H groups in total. The molecular weight excluding hydrogens is 206 g/mol. The molecule has 0 heterocycles. The summed E-state index contributed by atoms with van der Waals surface area (Å²) in [7, 11) is 1.54. The van der Waals surface area contributed by atoms with Gasteiger partial charge in [0.25, 0.3) is 0 Å². The minimum atomic E-state index is -1.05. The van der Waals surface area contributed by atoms with Crippen LogP contribution in [0.4, 0.5) is 0 Å². The Hall–Kier alpha value is -1.59. The Bertz CT molecular complexity index is 312. The summed E-state index contributed by atoms with van der Waals surface area (Å²) < 4.78 is 4.89. The van der Waals surface area contributed by atoms with Gasteiger partial charge in [-0.05, 0) is 13.8 Å². The maximum absolute atomic E-state index is 11.9. The number of nitrogens with zero attached hydrogens (tertiary/aromatic N) is 3. The standard InChI is InChI=1S/C11H17N3O2/c1-11(2,9-13)10(15)14(6-4-5-12)7-8-16-3/h4,6-8H2,1-3H3. The summed E-state index contributed by atoms with van der Waals surface area (Å²) in [6.07, 6.45) is 0.261. The van der Waals surface area contributed by atoms with Crippen molar-refractivity contribution in [2.75, 3.05) is 26.8 Å². The number of ether oxygens (including phenoxy) is 1. The SMILES string of the molecule is COCCN(CCC#N)C(=O)C(C)(C)C#N. The van der Waals surface area contributed by atoms with Crippen molar-refractivity contribution in [1.82, 2.24) is 4.90 Å². The lowest BCUT2D eigenvalue weighted by Gasteiger charge is -2.26. The number of nitriles is 2. The van der Waals surface area contributed by atoms with Crippen LogP contribution in [-0.4, -0.2) is 37.6 Å². The molecular formula is C11H17N3O2. The molecule has 0 spiro atoms. The lowest BCUT2D eigenvalue weighted by molar-refractivity contribution is -0.138. The average molecular weight is 223 g/mol. The summed E-state index contributed by atoms with van der Waals surface area (Å²) in [6, 6.07) is 3.94. The largest absolute Gasteiger partial charge is 0.383 e. The molecule has 0 saturated carbocycles. The minimum absolute atomic E-state index is 0.261. The van der Waals surface area contributed by atoms with Crippen LogP contribution in [0.25, 0.3) is 0 Å². The number of carbonyl (C=O) groups is 1. The van der Waals surface area contributed by atoms with Crippen LogP contribution in [0.2, 0.25) is 0 Å². The van der Waals surface area contributed by atoms with Gasteiger partial charge in [0.1, 0.15) is 5.41 Å². The number of carbonyl (C=O) groups excluding carboxylic acids is 1. The van der Waals surface area contributed by atoms with Crippen molar-refractivity contribution < 1.29 is 9.53 Å². The molecule has 0 aliphatic heterocycles. The van der Waals surface area contributed by atoms with Crippen LogP contribution in [0.1, 0.15) is 20.3 Å². The summed E-state index contributed by atoms with van der Waals surface area (Å²) in [5, 5.41) is 17.4. The number of hydrogen-bond acceptors (Lipinski definition) is 4. The Morgan fingerprint density at radius 3 is 2.44 bits per heavy atom. The quantitative estimate of drug-likeness (QED) is 0.671. The van der Waals surface area contributed by atoms with Crippen molar-refractivity contribution >= 4 is 5.91 Å². The molecule has 1 amide bonds. The lowest BCUT2D eigenvalue weighted by atomic mass is 9.94. The van der Waals surface area contributed by atoms with Crippen molar-refractivity contribution in [3.8, 4) is 12.1 Å². The van der Waals surface area contributed by atoms with E-state index < -0.39 is 5.41 Å². The lowest BCUT2D eigenvalue weighted by Crippen LogP contribution is -2.42. The van der Waals surface area contributed by atoms with E-state index in [2.05, 4.69) is 0 Å². The molecule has 0 aromatic rings. The highest BCUT2D eigenvalue weighted by molar-refractivity contribution is 5.84. The molecule has 0 aromatic carbocycles. The Balaban J connectivity index is 4.57. The van der Waals surface area contributed by atoms with Gasteiger partial charge in [-0.1, -0.05) is 0 Å². The van der Waals surface area contributed by atoms with E-state index in [9.17, 15) is 4.79 Å². The molecule has 16 heavy (non-hydrogen) atoms. The van der Waals surface area contributed by atoms with Crippen LogP contribution in [0.5, 0.6) is 0 Å². The van der Waals surface area contributed by atoms with Gasteiger partial charge >= 0.3 is 0 Å².